The number of hydrogen-bond donors (Lipinski definition) is 2. The van der Waals surface area contributed by atoms with Crippen molar-refractivity contribution in [1.29, 1.82) is 0 Å². The minimum Gasteiger partial charge on any atom is -0.394 e. The second kappa shape index (κ2) is 6.85. The van der Waals surface area contributed by atoms with Crippen molar-refractivity contribution < 1.29 is 14.6 Å². The maximum absolute atomic E-state index is 12.2. The summed E-state index contributed by atoms with van der Waals surface area (Å²) in [5, 5.41) is 13.2. The summed E-state index contributed by atoms with van der Waals surface area (Å²) in [6, 6.07) is -0.231. The third-order valence-corrected chi connectivity index (χ3v) is 4.46. The van der Waals surface area contributed by atoms with E-state index in [4.69, 9.17) is 4.74 Å². The molecule has 0 saturated carbocycles. The highest BCUT2D eigenvalue weighted by Gasteiger charge is 2.24. The highest BCUT2D eigenvalue weighted by Crippen LogP contribution is 2.31. The van der Waals surface area contributed by atoms with Gasteiger partial charge in [-0.15, -0.1) is 11.3 Å². The summed E-state index contributed by atoms with van der Waals surface area (Å²) < 4.78 is 5.58. The number of carbonyl (C=O) groups excluding carboxylic acids is 1. The van der Waals surface area contributed by atoms with Crippen LogP contribution in [0.4, 0.5) is 0 Å². The molecule has 0 radical (unpaired) electrons. The second-order valence-electron chi connectivity index (χ2n) is 6.68. The Balaban J connectivity index is 1.96. The summed E-state index contributed by atoms with van der Waals surface area (Å²) in [6.07, 6.45) is 4.39. The van der Waals surface area contributed by atoms with Crippen molar-refractivity contribution in [2.45, 2.75) is 52.2 Å². The summed E-state index contributed by atoms with van der Waals surface area (Å²) in [5.74, 6) is -0.167. The van der Waals surface area contributed by atoms with Gasteiger partial charge in [0.25, 0.3) is 5.91 Å². The fourth-order valence-electron chi connectivity index (χ4n) is 2.47. The smallest absolute Gasteiger partial charge is 0.263 e. The van der Waals surface area contributed by atoms with Crippen LogP contribution in [-0.4, -0.2) is 35.3 Å². The van der Waals surface area contributed by atoms with E-state index in [0.29, 0.717) is 4.88 Å². The number of nitrogens with one attached hydrogen (secondary N) is 1. The van der Waals surface area contributed by atoms with Crippen molar-refractivity contribution in [3.8, 4) is 0 Å². The predicted molar refractivity (Wildman–Crippen MR) is 82.5 cm³/mol. The van der Waals surface area contributed by atoms with Gasteiger partial charge >= 0.3 is 0 Å². The third-order valence-electron chi connectivity index (χ3n) is 3.37. The Morgan fingerprint density at radius 1 is 1.62 bits per heavy atom. The van der Waals surface area contributed by atoms with E-state index in [1.807, 2.05) is 0 Å². The molecule has 118 valence electrons. The van der Waals surface area contributed by atoms with E-state index >= 15 is 0 Å². The summed E-state index contributed by atoms with van der Waals surface area (Å²) in [6.45, 7) is 6.97. The van der Waals surface area contributed by atoms with Crippen LogP contribution in [0.2, 0.25) is 0 Å². The zero-order valence-electron chi connectivity index (χ0n) is 12.9. The largest absolute Gasteiger partial charge is 0.394 e. The molecule has 1 aliphatic rings. The molecule has 5 nitrogen and oxygen atoms in total. The first-order chi connectivity index (χ1) is 9.89. The molecule has 0 aromatic carbocycles. The number of aliphatic hydroxyl groups excluding tert-OH is 1. The zero-order valence-corrected chi connectivity index (χ0v) is 13.7. The standard InChI is InChI=1S/C15H24N2O3S/c1-15(2,3)7-10(9-18)17-13(19)12-8-16-14(21-12)11-5-4-6-20-11/h8,10-11,18H,4-7,9H2,1-3H3,(H,17,19). The molecule has 2 N–H and O–H groups in total. The first-order valence-electron chi connectivity index (χ1n) is 7.38. The van der Waals surface area contributed by atoms with Gasteiger partial charge in [0, 0.05) is 6.61 Å². The lowest BCUT2D eigenvalue weighted by atomic mass is 9.88. The molecule has 0 aliphatic carbocycles. The maximum Gasteiger partial charge on any atom is 0.263 e. The van der Waals surface area contributed by atoms with Gasteiger partial charge in [0.2, 0.25) is 0 Å². The predicted octanol–water partition coefficient (Wildman–Crippen LogP) is 2.52. The highest BCUT2D eigenvalue weighted by atomic mass is 32.1. The molecule has 0 bridgehead atoms. The minimum atomic E-state index is -0.231. The number of carbonyl (C=O) groups is 1. The third kappa shape index (κ3) is 4.76. The molecule has 6 heteroatoms. The van der Waals surface area contributed by atoms with Crippen LogP contribution in [0.15, 0.2) is 6.20 Å². The molecule has 2 unspecified atom stereocenters. The molecule has 1 aliphatic heterocycles. The molecule has 1 fully saturated rings. The van der Waals surface area contributed by atoms with E-state index in [1.165, 1.54) is 11.3 Å². The number of amides is 1. The Kier molecular flexibility index (Phi) is 5.35. The highest BCUT2D eigenvalue weighted by molar-refractivity contribution is 7.13. The van der Waals surface area contributed by atoms with Crippen molar-refractivity contribution in [2.24, 2.45) is 5.41 Å². The van der Waals surface area contributed by atoms with E-state index in [0.717, 1.165) is 30.9 Å². The molecule has 2 rings (SSSR count). The Hall–Kier alpha value is -0.980. The van der Waals surface area contributed by atoms with Crippen molar-refractivity contribution in [2.75, 3.05) is 13.2 Å². The molecule has 1 amide bonds. The lowest BCUT2D eigenvalue weighted by Gasteiger charge is -2.25. The van der Waals surface area contributed by atoms with Gasteiger partial charge in [-0.25, -0.2) is 4.98 Å². The maximum atomic E-state index is 12.2. The van der Waals surface area contributed by atoms with Crippen LogP contribution in [-0.2, 0) is 4.74 Å². The van der Waals surface area contributed by atoms with Gasteiger partial charge in [-0.1, -0.05) is 20.8 Å². The van der Waals surface area contributed by atoms with Crippen molar-refractivity contribution in [3.63, 3.8) is 0 Å². The minimum absolute atomic E-state index is 0.0414. The quantitative estimate of drug-likeness (QED) is 0.876. The van der Waals surface area contributed by atoms with Gasteiger partial charge in [-0.05, 0) is 24.7 Å². The molecule has 1 aromatic heterocycles. The number of rotatable bonds is 5. The normalized spacial score (nSPS) is 20.5. The first kappa shape index (κ1) is 16.4. The molecular weight excluding hydrogens is 288 g/mol. The van der Waals surface area contributed by atoms with Crippen LogP contribution in [0.5, 0.6) is 0 Å². The first-order valence-corrected chi connectivity index (χ1v) is 8.20. The molecule has 1 saturated heterocycles. The Morgan fingerprint density at radius 2 is 2.38 bits per heavy atom. The van der Waals surface area contributed by atoms with Gasteiger partial charge in [0.05, 0.1) is 18.8 Å². The number of thiazole rings is 1. The fraction of sp³-hybridized carbons (Fsp3) is 0.733. The Morgan fingerprint density at radius 3 is 2.95 bits per heavy atom. The summed E-state index contributed by atoms with van der Waals surface area (Å²) in [4.78, 5) is 17.1. The number of aromatic nitrogens is 1. The van der Waals surface area contributed by atoms with Crippen LogP contribution >= 0.6 is 11.3 Å². The summed E-state index contributed by atoms with van der Waals surface area (Å²) in [5.41, 5.74) is 0.0528. The Bertz CT molecular complexity index is 476. The van der Waals surface area contributed by atoms with Crippen molar-refractivity contribution in [1.82, 2.24) is 10.3 Å². The van der Waals surface area contributed by atoms with Gasteiger partial charge in [-0.2, -0.15) is 0 Å². The van der Waals surface area contributed by atoms with Crippen LogP contribution in [0, 0.1) is 5.41 Å². The van der Waals surface area contributed by atoms with E-state index in [9.17, 15) is 9.90 Å². The summed E-state index contributed by atoms with van der Waals surface area (Å²) >= 11 is 1.38. The van der Waals surface area contributed by atoms with Gasteiger partial charge < -0.3 is 15.2 Å². The topological polar surface area (TPSA) is 71.5 Å². The monoisotopic (exact) mass is 312 g/mol. The molecule has 21 heavy (non-hydrogen) atoms. The number of hydrogen-bond acceptors (Lipinski definition) is 5. The molecule has 0 spiro atoms. The zero-order chi connectivity index (χ0) is 15.5. The van der Waals surface area contributed by atoms with E-state index < -0.39 is 0 Å². The van der Waals surface area contributed by atoms with Crippen LogP contribution in [0.3, 0.4) is 0 Å². The summed E-state index contributed by atoms with van der Waals surface area (Å²) in [7, 11) is 0. The Labute approximate surface area is 129 Å². The van der Waals surface area contributed by atoms with E-state index in [2.05, 4.69) is 31.1 Å². The van der Waals surface area contributed by atoms with Crippen molar-refractivity contribution in [3.05, 3.63) is 16.1 Å². The molecular formula is C15H24N2O3S. The van der Waals surface area contributed by atoms with Crippen LogP contribution in [0.25, 0.3) is 0 Å². The van der Waals surface area contributed by atoms with Crippen LogP contribution < -0.4 is 5.32 Å². The number of ether oxygens (including phenoxy) is 1. The van der Waals surface area contributed by atoms with Gasteiger partial charge in [-0.3, -0.25) is 4.79 Å². The van der Waals surface area contributed by atoms with Crippen LogP contribution in [0.1, 0.15) is 60.8 Å². The molecule has 2 heterocycles. The average molecular weight is 312 g/mol. The number of nitrogens with zero attached hydrogens (tertiary/aromatic N) is 1. The SMILES string of the molecule is CC(C)(C)CC(CO)NC(=O)c1cnc(C2CCCO2)s1. The van der Waals surface area contributed by atoms with Crippen molar-refractivity contribution >= 4 is 17.2 Å². The van der Waals surface area contributed by atoms with Gasteiger partial charge in [0.1, 0.15) is 16.0 Å². The van der Waals surface area contributed by atoms with E-state index in [-0.39, 0.29) is 30.1 Å². The van der Waals surface area contributed by atoms with Gasteiger partial charge in [0.15, 0.2) is 0 Å². The van der Waals surface area contributed by atoms with E-state index in [1.54, 1.807) is 6.20 Å². The lowest BCUT2D eigenvalue weighted by Crippen LogP contribution is -2.39. The molecule has 1 aromatic rings. The second-order valence-corrected chi connectivity index (χ2v) is 7.74. The molecule has 2 atom stereocenters. The fourth-order valence-corrected chi connectivity index (χ4v) is 3.38. The number of aliphatic hydroxyl groups is 1. The lowest BCUT2D eigenvalue weighted by molar-refractivity contribution is 0.0901. The average Bonchev–Trinajstić information content (AvgIpc) is 3.06.